The summed E-state index contributed by atoms with van der Waals surface area (Å²) < 4.78 is 13.3. The molecule has 0 amide bonds. The molecule has 5 heteroatoms. The van der Waals surface area contributed by atoms with Crippen LogP contribution in [0.3, 0.4) is 0 Å². The lowest BCUT2D eigenvalue weighted by molar-refractivity contribution is -0.116. The monoisotopic (exact) mass is 482 g/mol. The van der Waals surface area contributed by atoms with Gasteiger partial charge in [0.1, 0.15) is 0 Å². The average molecular weight is 483 g/mol. The molecule has 1 heterocycles. The second-order valence-corrected chi connectivity index (χ2v) is 15.5. The molecule has 0 saturated carbocycles. The molecule has 1 fully saturated rings. The number of hydrogen-bond donors (Lipinski definition) is 0. The smallest absolute Gasteiger partial charge is 0.261 e. The lowest BCUT2D eigenvalue weighted by Crippen LogP contribution is -2.66. The number of benzene rings is 2. The largest absolute Gasteiger partial charge is 0.407 e. The van der Waals surface area contributed by atoms with E-state index in [-0.39, 0.29) is 22.4 Å². The van der Waals surface area contributed by atoms with Crippen LogP contribution in [-0.4, -0.2) is 38.0 Å². The number of thioether (sulfide) groups is 1. The van der Waals surface area contributed by atoms with E-state index in [0.29, 0.717) is 13.0 Å². The van der Waals surface area contributed by atoms with Crippen LogP contribution in [0.4, 0.5) is 0 Å². The van der Waals surface area contributed by atoms with Gasteiger partial charge in [0.25, 0.3) is 8.32 Å². The first kappa shape index (κ1) is 26.0. The van der Waals surface area contributed by atoms with E-state index >= 15 is 0 Å². The topological polar surface area (TPSA) is 35.5 Å². The summed E-state index contributed by atoms with van der Waals surface area (Å²) in [6, 6.07) is 21.4. The van der Waals surface area contributed by atoms with Crippen molar-refractivity contribution < 1.29 is 14.0 Å². The second kappa shape index (κ2) is 11.7. The van der Waals surface area contributed by atoms with Crippen LogP contribution in [0.15, 0.2) is 72.8 Å². The van der Waals surface area contributed by atoms with Crippen LogP contribution in [0, 0.1) is 0 Å². The molecule has 0 radical (unpaired) electrons. The zero-order valence-corrected chi connectivity index (χ0v) is 22.3. The molecule has 0 N–H and O–H groups in total. The van der Waals surface area contributed by atoms with Crippen molar-refractivity contribution in [3.63, 3.8) is 0 Å². The Kier molecular flexibility index (Phi) is 9.16. The van der Waals surface area contributed by atoms with E-state index in [1.807, 2.05) is 6.92 Å². The number of carbonyl (C=O) groups is 1. The van der Waals surface area contributed by atoms with Gasteiger partial charge in [-0.25, -0.2) is 0 Å². The molecule has 2 aromatic carbocycles. The van der Waals surface area contributed by atoms with E-state index in [9.17, 15) is 4.79 Å². The Balaban J connectivity index is 1.78. The van der Waals surface area contributed by atoms with E-state index in [2.05, 4.69) is 88.0 Å². The van der Waals surface area contributed by atoms with Crippen LogP contribution < -0.4 is 10.4 Å². The molecule has 2 atom stereocenters. The molecule has 0 spiro atoms. The maximum atomic E-state index is 12.1. The summed E-state index contributed by atoms with van der Waals surface area (Å²) in [5, 5.41) is 2.74. The van der Waals surface area contributed by atoms with Gasteiger partial charge >= 0.3 is 0 Å². The van der Waals surface area contributed by atoms with Crippen molar-refractivity contribution in [2.75, 3.05) is 12.4 Å². The van der Waals surface area contributed by atoms with Gasteiger partial charge in [0.2, 0.25) is 0 Å². The number of ether oxygens (including phenoxy) is 1. The number of rotatable bonds is 9. The lowest BCUT2D eigenvalue weighted by atomic mass is 9.96. The van der Waals surface area contributed by atoms with Crippen molar-refractivity contribution in [3.8, 4) is 0 Å². The fourth-order valence-electron chi connectivity index (χ4n) is 4.90. The molecular weight excluding hydrogens is 444 g/mol. The minimum absolute atomic E-state index is 0.0426. The molecule has 0 aliphatic carbocycles. The van der Waals surface area contributed by atoms with Gasteiger partial charge in [-0.1, -0.05) is 112 Å². The predicted octanol–water partition coefficient (Wildman–Crippen LogP) is 5.73. The highest BCUT2D eigenvalue weighted by atomic mass is 32.2. The summed E-state index contributed by atoms with van der Waals surface area (Å²) >= 11 is 1.38. The highest BCUT2D eigenvalue weighted by Gasteiger charge is 2.50. The second-order valence-electron chi connectivity index (χ2n) is 9.85. The van der Waals surface area contributed by atoms with E-state index in [1.54, 1.807) is 0 Å². The van der Waals surface area contributed by atoms with Gasteiger partial charge in [-0.2, -0.15) is 0 Å². The van der Waals surface area contributed by atoms with Gasteiger partial charge in [0.05, 0.1) is 12.2 Å². The van der Waals surface area contributed by atoms with Crippen molar-refractivity contribution >= 4 is 35.6 Å². The van der Waals surface area contributed by atoms with Crippen LogP contribution in [0.5, 0.6) is 0 Å². The quantitative estimate of drug-likeness (QED) is 0.338. The Morgan fingerprint density at radius 1 is 1.03 bits per heavy atom. The molecule has 178 valence electrons. The van der Waals surface area contributed by atoms with Gasteiger partial charge in [-0.15, -0.1) is 0 Å². The van der Waals surface area contributed by atoms with E-state index in [0.717, 1.165) is 25.0 Å². The first-order chi connectivity index (χ1) is 15.8. The molecule has 1 saturated heterocycles. The fourth-order valence-corrected chi connectivity index (χ4v) is 10.1. The molecule has 33 heavy (non-hydrogen) atoms. The summed E-state index contributed by atoms with van der Waals surface area (Å²) in [5.41, 5.74) is 1.18. The van der Waals surface area contributed by atoms with Crippen molar-refractivity contribution in [1.82, 2.24) is 0 Å². The minimum Gasteiger partial charge on any atom is -0.407 e. The van der Waals surface area contributed by atoms with Gasteiger partial charge in [0.15, 0.2) is 5.12 Å². The Hall–Kier alpha value is -1.66. The van der Waals surface area contributed by atoms with Crippen molar-refractivity contribution in [3.05, 3.63) is 72.8 Å². The maximum absolute atomic E-state index is 12.1. The zero-order chi connectivity index (χ0) is 23.9. The summed E-state index contributed by atoms with van der Waals surface area (Å²) in [6.07, 6.45) is 2.88. The van der Waals surface area contributed by atoms with Gasteiger partial charge in [-0.3, -0.25) is 4.79 Å². The molecule has 3 rings (SSSR count). The van der Waals surface area contributed by atoms with Crippen LogP contribution in [0.1, 0.15) is 53.4 Å². The van der Waals surface area contributed by atoms with E-state index < -0.39 is 8.32 Å². The maximum Gasteiger partial charge on any atom is 0.261 e. The Labute approximate surface area is 205 Å². The molecule has 0 unspecified atom stereocenters. The molecule has 2 aromatic rings. The predicted molar refractivity (Wildman–Crippen MR) is 143 cm³/mol. The van der Waals surface area contributed by atoms with Gasteiger partial charge < -0.3 is 9.16 Å². The van der Waals surface area contributed by atoms with Crippen molar-refractivity contribution in [2.24, 2.45) is 0 Å². The van der Waals surface area contributed by atoms with Crippen molar-refractivity contribution in [2.45, 2.75) is 70.6 Å². The first-order valence-corrected chi connectivity index (χ1v) is 14.9. The Bertz CT molecular complexity index is 868. The van der Waals surface area contributed by atoms with Gasteiger partial charge in [-0.05, 0) is 40.4 Å². The van der Waals surface area contributed by atoms with E-state index in [4.69, 9.17) is 9.16 Å². The highest BCUT2D eigenvalue weighted by Crippen LogP contribution is 2.37. The molecule has 0 aromatic heterocycles. The number of carbonyl (C=O) groups excluding carboxylic acids is 1. The molecule has 1 aliphatic rings. The highest BCUT2D eigenvalue weighted by molar-refractivity contribution is 8.13. The minimum atomic E-state index is -2.54. The van der Waals surface area contributed by atoms with Gasteiger partial charge in [0, 0.05) is 13.0 Å². The SMILES string of the molecule is C=C1C[C@H](CC(=O)SCC)O[C@@H](CCO[Si](c2ccccc2)(c2ccccc2)C(C)(C)C)C1. The molecule has 1 aliphatic heterocycles. The third kappa shape index (κ3) is 6.47. The summed E-state index contributed by atoms with van der Waals surface area (Å²) in [4.78, 5) is 12.1. The first-order valence-electron chi connectivity index (χ1n) is 12.0. The van der Waals surface area contributed by atoms with Crippen LogP contribution in [0.25, 0.3) is 0 Å². The standard InChI is InChI=1S/C28H38O3SSi/c1-6-32-27(29)21-24-20-22(2)19-23(31-24)17-18-30-33(28(3,4)5,25-13-9-7-10-14-25)26-15-11-8-12-16-26/h7-16,23-24H,2,6,17-21H2,1,3-5H3/t23-,24+/m0/s1. The molecule has 0 bridgehead atoms. The molecular formula is C28H38O3SSi. The lowest BCUT2D eigenvalue weighted by Gasteiger charge is -2.43. The third-order valence-corrected chi connectivity index (χ3v) is 12.1. The average Bonchev–Trinajstić information content (AvgIpc) is 2.77. The Morgan fingerprint density at radius 2 is 1.58 bits per heavy atom. The summed E-state index contributed by atoms with van der Waals surface area (Å²) in [7, 11) is -2.54. The summed E-state index contributed by atoms with van der Waals surface area (Å²) in [5.74, 6) is 0.808. The van der Waals surface area contributed by atoms with E-state index in [1.165, 1.54) is 27.7 Å². The zero-order valence-electron chi connectivity index (χ0n) is 20.5. The van der Waals surface area contributed by atoms with Crippen LogP contribution >= 0.6 is 11.8 Å². The number of hydrogen-bond acceptors (Lipinski definition) is 4. The van der Waals surface area contributed by atoms with Crippen molar-refractivity contribution in [1.29, 1.82) is 0 Å². The Morgan fingerprint density at radius 3 is 2.09 bits per heavy atom. The fraction of sp³-hybridized carbons (Fsp3) is 0.464. The summed E-state index contributed by atoms with van der Waals surface area (Å²) in [6.45, 7) is 13.7. The van der Waals surface area contributed by atoms with Crippen LogP contribution in [-0.2, 0) is 14.0 Å². The molecule has 3 nitrogen and oxygen atoms in total. The normalized spacial score (nSPS) is 19.5. The third-order valence-electron chi connectivity index (χ3n) is 6.29. The van der Waals surface area contributed by atoms with Crippen LogP contribution in [0.2, 0.25) is 5.04 Å².